The average Bonchev–Trinajstić information content (AvgIpc) is 2.98. The van der Waals surface area contributed by atoms with Crippen molar-refractivity contribution in [2.24, 2.45) is 0 Å². The van der Waals surface area contributed by atoms with Crippen molar-refractivity contribution in [3.63, 3.8) is 0 Å². The van der Waals surface area contributed by atoms with Crippen LogP contribution in [0.4, 0.5) is 0 Å². The van der Waals surface area contributed by atoms with Crippen LogP contribution < -0.4 is 4.72 Å². The molecule has 0 aliphatic rings. The van der Waals surface area contributed by atoms with Crippen LogP contribution in [0, 0.1) is 0 Å². The van der Waals surface area contributed by atoms with E-state index in [0.717, 1.165) is 5.56 Å². The highest BCUT2D eigenvalue weighted by molar-refractivity contribution is 7.89. The normalized spacial score (nSPS) is 13.5. The lowest BCUT2D eigenvalue weighted by atomic mass is 10.1. The zero-order valence-electron chi connectivity index (χ0n) is 12.7. The van der Waals surface area contributed by atoms with Crippen molar-refractivity contribution in [2.75, 3.05) is 6.61 Å². The summed E-state index contributed by atoms with van der Waals surface area (Å²) in [4.78, 5) is 3.93. The molecule has 0 aliphatic heterocycles. The molecular formula is C15H21N3O3S. The van der Waals surface area contributed by atoms with Crippen molar-refractivity contribution < 1.29 is 13.5 Å². The minimum absolute atomic E-state index is 0.0345. The first-order valence-corrected chi connectivity index (χ1v) is 8.61. The number of benzene rings is 1. The van der Waals surface area contributed by atoms with Crippen LogP contribution in [0.1, 0.15) is 25.5 Å². The predicted molar refractivity (Wildman–Crippen MR) is 84.0 cm³/mol. The molecule has 0 bridgehead atoms. The molecule has 7 heteroatoms. The van der Waals surface area contributed by atoms with Crippen LogP contribution in [0.2, 0.25) is 0 Å². The second-order valence-corrected chi connectivity index (χ2v) is 7.10. The molecule has 2 aromatic rings. The minimum Gasteiger partial charge on any atom is -0.395 e. The van der Waals surface area contributed by atoms with Crippen LogP contribution in [0.3, 0.4) is 0 Å². The van der Waals surface area contributed by atoms with E-state index in [1.807, 2.05) is 44.2 Å². The Kier molecular flexibility index (Phi) is 5.33. The number of nitrogens with zero attached hydrogens (tertiary/aromatic N) is 2. The van der Waals surface area contributed by atoms with Crippen molar-refractivity contribution >= 4 is 10.0 Å². The van der Waals surface area contributed by atoms with E-state index in [2.05, 4.69) is 9.71 Å². The van der Waals surface area contributed by atoms with Crippen molar-refractivity contribution in [2.45, 2.75) is 37.4 Å². The summed E-state index contributed by atoms with van der Waals surface area (Å²) in [5.74, 6) is 0. The second kappa shape index (κ2) is 7.04. The molecule has 0 unspecified atom stereocenters. The summed E-state index contributed by atoms with van der Waals surface area (Å²) in [6, 6.07) is 8.98. The predicted octanol–water partition coefficient (Wildman–Crippen LogP) is 1.35. The Morgan fingerprint density at radius 2 is 1.95 bits per heavy atom. The molecule has 120 valence electrons. The Bertz CT molecular complexity index is 696. The Hall–Kier alpha value is -1.70. The molecule has 0 amide bonds. The monoisotopic (exact) mass is 323 g/mol. The molecule has 6 nitrogen and oxygen atoms in total. The Morgan fingerprint density at radius 1 is 1.27 bits per heavy atom. The second-order valence-electron chi connectivity index (χ2n) is 5.44. The van der Waals surface area contributed by atoms with Gasteiger partial charge in [-0.25, -0.2) is 18.1 Å². The molecule has 1 aromatic carbocycles. The molecule has 0 saturated heterocycles. The Labute approximate surface area is 130 Å². The highest BCUT2D eigenvalue weighted by Crippen LogP contribution is 2.12. The van der Waals surface area contributed by atoms with E-state index in [1.54, 1.807) is 4.57 Å². The number of sulfonamides is 1. The highest BCUT2D eigenvalue weighted by atomic mass is 32.2. The minimum atomic E-state index is -3.75. The van der Waals surface area contributed by atoms with Gasteiger partial charge >= 0.3 is 0 Å². The number of hydrogen-bond acceptors (Lipinski definition) is 4. The lowest BCUT2D eigenvalue weighted by molar-refractivity contribution is 0.256. The third-order valence-electron chi connectivity index (χ3n) is 3.32. The lowest BCUT2D eigenvalue weighted by Gasteiger charge is -2.15. The Morgan fingerprint density at radius 3 is 2.50 bits per heavy atom. The number of hydrogen-bond donors (Lipinski definition) is 2. The van der Waals surface area contributed by atoms with Gasteiger partial charge in [0.1, 0.15) is 0 Å². The van der Waals surface area contributed by atoms with E-state index in [1.165, 1.54) is 12.5 Å². The van der Waals surface area contributed by atoms with Gasteiger partial charge in [-0.1, -0.05) is 30.3 Å². The number of aliphatic hydroxyl groups excluding tert-OH is 1. The van der Waals surface area contributed by atoms with E-state index in [4.69, 9.17) is 0 Å². The topological polar surface area (TPSA) is 84.2 Å². The maximum atomic E-state index is 12.3. The van der Waals surface area contributed by atoms with E-state index in [0.29, 0.717) is 6.42 Å². The summed E-state index contributed by atoms with van der Waals surface area (Å²) in [7, 11) is -3.75. The van der Waals surface area contributed by atoms with Gasteiger partial charge in [-0.05, 0) is 25.8 Å². The standard InChI is InChI=1S/C15H21N3O3S/c1-12(2)18-9-15(16-11-18)22(20,21)17-14(10-19)8-13-6-4-3-5-7-13/h3-7,9,11-12,14,17,19H,8,10H2,1-2H3/t14-/m1/s1. The number of aromatic nitrogens is 2. The van der Waals surface area contributed by atoms with Crippen molar-refractivity contribution in [3.05, 3.63) is 48.4 Å². The van der Waals surface area contributed by atoms with E-state index in [9.17, 15) is 13.5 Å². The molecule has 22 heavy (non-hydrogen) atoms. The summed E-state index contributed by atoms with van der Waals surface area (Å²) >= 11 is 0. The molecule has 1 aromatic heterocycles. The molecule has 0 fully saturated rings. The first-order chi connectivity index (χ1) is 10.4. The molecule has 1 heterocycles. The maximum Gasteiger partial charge on any atom is 0.259 e. The fourth-order valence-electron chi connectivity index (χ4n) is 2.06. The number of aliphatic hydroxyl groups is 1. The van der Waals surface area contributed by atoms with Crippen molar-refractivity contribution in [1.29, 1.82) is 0 Å². The fraction of sp³-hybridized carbons (Fsp3) is 0.400. The zero-order valence-corrected chi connectivity index (χ0v) is 13.5. The molecule has 0 radical (unpaired) electrons. The summed E-state index contributed by atoms with van der Waals surface area (Å²) in [6.07, 6.45) is 3.40. The molecule has 1 atom stereocenters. The lowest BCUT2D eigenvalue weighted by Crippen LogP contribution is -2.39. The van der Waals surface area contributed by atoms with Crippen LogP contribution in [0.5, 0.6) is 0 Å². The molecule has 0 saturated carbocycles. The Balaban J connectivity index is 2.11. The average molecular weight is 323 g/mol. The van der Waals surface area contributed by atoms with Crippen LogP contribution in [0.15, 0.2) is 47.9 Å². The van der Waals surface area contributed by atoms with Crippen LogP contribution in [-0.2, 0) is 16.4 Å². The highest BCUT2D eigenvalue weighted by Gasteiger charge is 2.22. The summed E-state index contributed by atoms with van der Waals surface area (Å²) < 4.78 is 28.9. The third kappa shape index (κ3) is 4.16. The van der Waals surface area contributed by atoms with Gasteiger partial charge in [0.15, 0.2) is 5.03 Å². The smallest absolute Gasteiger partial charge is 0.259 e. The quantitative estimate of drug-likeness (QED) is 0.805. The summed E-state index contributed by atoms with van der Waals surface area (Å²) in [6.45, 7) is 3.61. The van der Waals surface area contributed by atoms with Crippen molar-refractivity contribution in [3.8, 4) is 0 Å². The molecule has 2 N–H and O–H groups in total. The number of imidazole rings is 1. The molecular weight excluding hydrogens is 302 g/mol. The zero-order chi connectivity index (χ0) is 16.2. The molecule has 0 aliphatic carbocycles. The van der Waals surface area contributed by atoms with Gasteiger partial charge in [0.25, 0.3) is 10.0 Å². The van der Waals surface area contributed by atoms with Gasteiger partial charge in [-0.15, -0.1) is 0 Å². The first-order valence-electron chi connectivity index (χ1n) is 7.13. The molecule has 2 rings (SSSR count). The SMILES string of the molecule is CC(C)n1cnc(S(=O)(=O)N[C@@H](CO)Cc2ccccc2)c1. The van der Waals surface area contributed by atoms with Crippen LogP contribution >= 0.6 is 0 Å². The van der Waals surface area contributed by atoms with Gasteiger partial charge in [-0.2, -0.15) is 0 Å². The van der Waals surface area contributed by atoms with Gasteiger partial charge in [0.05, 0.1) is 12.9 Å². The fourth-order valence-corrected chi connectivity index (χ4v) is 3.22. The van der Waals surface area contributed by atoms with E-state index in [-0.39, 0.29) is 17.7 Å². The van der Waals surface area contributed by atoms with Crippen molar-refractivity contribution in [1.82, 2.24) is 14.3 Å². The third-order valence-corrected chi connectivity index (χ3v) is 4.72. The van der Waals surface area contributed by atoms with Gasteiger partial charge in [-0.3, -0.25) is 0 Å². The van der Waals surface area contributed by atoms with Gasteiger partial charge in [0.2, 0.25) is 0 Å². The largest absolute Gasteiger partial charge is 0.395 e. The maximum absolute atomic E-state index is 12.3. The first kappa shape index (κ1) is 16.7. The van der Waals surface area contributed by atoms with Gasteiger partial charge < -0.3 is 9.67 Å². The van der Waals surface area contributed by atoms with E-state index >= 15 is 0 Å². The summed E-state index contributed by atoms with van der Waals surface area (Å²) in [5.41, 5.74) is 0.956. The number of nitrogens with one attached hydrogen (secondary N) is 1. The van der Waals surface area contributed by atoms with Crippen LogP contribution in [0.25, 0.3) is 0 Å². The number of rotatable bonds is 7. The van der Waals surface area contributed by atoms with Crippen LogP contribution in [-0.4, -0.2) is 35.7 Å². The molecule has 0 spiro atoms. The van der Waals surface area contributed by atoms with Gasteiger partial charge in [0, 0.05) is 18.3 Å². The van der Waals surface area contributed by atoms with E-state index < -0.39 is 16.1 Å². The summed E-state index contributed by atoms with van der Waals surface area (Å²) in [5, 5.41) is 9.40.